The molecule has 196 valence electrons. The van der Waals surface area contributed by atoms with Gasteiger partial charge in [-0.3, -0.25) is 13.7 Å². The fraction of sp³-hybridized carbons (Fsp3) is 0.0312. The zero-order chi connectivity index (χ0) is 30.0. The maximum atomic E-state index is 14.3. The summed E-state index contributed by atoms with van der Waals surface area (Å²) in [5, 5.41) is 0. The highest BCUT2D eigenvalue weighted by molar-refractivity contribution is 5.94. The molecule has 5 heterocycles. The Morgan fingerprint density at radius 1 is 0.610 bits per heavy atom. The topological polar surface area (TPSA) is 88.3 Å². The van der Waals surface area contributed by atoms with Crippen LogP contribution in [-0.2, 0) is 0 Å². The second-order valence-electron chi connectivity index (χ2n) is 9.53. The Bertz CT molecular complexity index is 2400. The van der Waals surface area contributed by atoms with Crippen LogP contribution < -0.4 is 5.69 Å². The molecule has 0 aliphatic carbocycles. The van der Waals surface area contributed by atoms with E-state index >= 15 is 0 Å². The molecule has 0 bridgehead atoms. The fourth-order valence-electron chi connectivity index (χ4n) is 5.34. The van der Waals surface area contributed by atoms with E-state index in [4.69, 9.17) is 9.10 Å². The van der Waals surface area contributed by atoms with Crippen molar-refractivity contribution in [2.24, 2.45) is 0 Å². The molecule has 41 heavy (non-hydrogen) atoms. The summed E-state index contributed by atoms with van der Waals surface area (Å²) in [4.78, 5) is 32.7. The van der Waals surface area contributed by atoms with Gasteiger partial charge in [0.15, 0.2) is 0 Å². The van der Waals surface area contributed by atoms with Crippen LogP contribution in [0.4, 0.5) is 0 Å². The Hall–Kier alpha value is -5.83. The molecule has 8 rings (SSSR count). The van der Waals surface area contributed by atoms with Crippen molar-refractivity contribution in [3.8, 4) is 23.1 Å². The van der Waals surface area contributed by atoms with Gasteiger partial charge in [0.05, 0.1) is 38.8 Å². The number of aromatic nitrogens is 8. The fourth-order valence-corrected chi connectivity index (χ4v) is 5.34. The number of para-hydroxylation sites is 3. The second-order valence-corrected chi connectivity index (χ2v) is 9.53. The molecule has 0 spiro atoms. The number of imidazole rings is 3. The van der Waals surface area contributed by atoms with Gasteiger partial charge in [0.25, 0.3) is 0 Å². The number of hydrogen-bond donors (Lipinski definition) is 0. The molecule has 0 saturated carbocycles. The van der Waals surface area contributed by atoms with Gasteiger partial charge >= 0.3 is 5.69 Å². The number of aryl methyl sites for hydroxylation is 1. The van der Waals surface area contributed by atoms with E-state index in [2.05, 4.69) is 15.0 Å². The van der Waals surface area contributed by atoms with Gasteiger partial charge in [0.2, 0.25) is 0 Å². The lowest BCUT2D eigenvalue weighted by molar-refractivity contribution is 0.891. The van der Waals surface area contributed by atoms with E-state index in [9.17, 15) is 4.79 Å². The number of pyridine rings is 2. The van der Waals surface area contributed by atoms with Crippen molar-refractivity contribution < 1.29 is 4.11 Å². The van der Waals surface area contributed by atoms with E-state index in [1.807, 2.05) is 71.3 Å². The quantitative estimate of drug-likeness (QED) is 0.293. The van der Waals surface area contributed by atoms with Gasteiger partial charge in [-0.1, -0.05) is 42.5 Å². The largest absolute Gasteiger partial charge is 0.339 e. The molecular formula is C32H22N8O. The summed E-state index contributed by atoms with van der Waals surface area (Å²) in [6.45, 7) is -2.51. The number of rotatable bonds is 4. The van der Waals surface area contributed by atoms with E-state index in [0.29, 0.717) is 45.2 Å². The molecule has 5 aromatic heterocycles. The summed E-state index contributed by atoms with van der Waals surface area (Å²) in [6, 6.07) is 31.3. The number of hydrogen-bond acceptors (Lipinski definition) is 5. The molecule has 0 aliphatic rings. The normalized spacial score (nSPS) is 13.0. The third-order valence-electron chi connectivity index (χ3n) is 7.16. The Morgan fingerprint density at radius 3 is 2.24 bits per heavy atom. The molecule has 9 nitrogen and oxygen atoms in total. The summed E-state index contributed by atoms with van der Waals surface area (Å²) >= 11 is 0. The summed E-state index contributed by atoms with van der Waals surface area (Å²) in [7, 11) is 0. The molecule has 0 aliphatic heterocycles. The van der Waals surface area contributed by atoms with Crippen LogP contribution >= 0.6 is 0 Å². The van der Waals surface area contributed by atoms with Crippen molar-refractivity contribution in [1.82, 2.24) is 38.2 Å². The SMILES string of the molecule is [2H]C([2H])([2H])c1nc2cc3c(cc2n1-c1ccccn1)n(-c1cccc(-n2cnc4ccccc42)n1)c(=O)n3-c1ccccc1. The highest BCUT2D eigenvalue weighted by Gasteiger charge is 2.21. The van der Waals surface area contributed by atoms with Crippen molar-refractivity contribution in [3.05, 3.63) is 132 Å². The Labute approximate surface area is 237 Å². The van der Waals surface area contributed by atoms with E-state index < -0.39 is 6.85 Å². The van der Waals surface area contributed by atoms with Crippen LogP contribution in [0.15, 0.2) is 120 Å². The third kappa shape index (κ3) is 3.52. The molecule has 0 radical (unpaired) electrons. The number of nitrogens with zero attached hydrogens (tertiary/aromatic N) is 8. The maximum absolute atomic E-state index is 14.3. The average Bonchev–Trinajstić information content (AvgIpc) is 3.72. The minimum atomic E-state index is -2.51. The first-order valence-corrected chi connectivity index (χ1v) is 13.0. The molecule has 8 aromatic rings. The lowest BCUT2D eigenvalue weighted by Gasteiger charge is -2.08. The van der Waals surface area contributed by atoms with E-state index in [1.165, 1.54) is 9.13 Å². The standard InChI is InChI=1S/C32H22N8O/c1-21-35-24-18-27-28(19-26(24)38(21)29-14-7-8-17-33-29)40(32(41)39(27)22-10-3-2-4-11-22)31-16-9-15-30(36-31)37-20-34-23-12-5-6-13-25(23)37/h2-20H,1H3/i1D3. The van der Waals surface area contributed by atoms with Gasteiger partial charge in [0.1, 0.15) is 29.6 Å². The molecule has 0 N–H and O–H groups in total. The van der Waals surface area contributed by atoms with E-state index in [1.54, 1.807) is 53.5 Å². The molecule has 9 heteroatoms. The highest BCUT2D eigenvalue weighted by Crippen LogP contribution is 2.28. The molecule has 0 atom stereocenters. The van der Waals surface area contributed by atoms with Crippen LogP contribution in [0.2, 0.25) is 0 Å². The summed E-state index contributed by atoms with van der Waals surface area (Å²) < 4.78 is 31.2. The predicted octanol–water partition coefficient (Wildman–Crippen LogP) is 5.56. The van der Waals surface area contributed by atoms with Crippen molar-refractivity contribution in [2.75, 3.05) is 0 Å². The summed E-state index contributed by atoms with van der Waals surface area (Å²) in [5.74, 6) is 1.27. The van der Waals surface area contributed by atoms with Gasteiger partial charge in [-0.05, 0) is 67.5 Å². The van der Waals surface area contributed by atoms with Gasteiger partial charge in [-0.2, -0.15) is 0 Å². The minimum Gasteiger partial charge on any atom is -0.283 e. The molecule has 0 unspecified atom stereocenters. The summed E-state index contributed by atoms with van der Waals surface area (Å²) in [5.41, 5.74) is 4.03. The van der Waals surface area contributed by atoms with Crippen LogP contribution in [0.1, 0.15) is 9.94 Å². The maximum Gasteiger partial charge on any atom is 0.339 e. The molecule has 0 amide bonds. The first-order chi connectivity index (χ1) is 21.4. The first kappa shape index (κ1) is 20.1. The molecule has 0 fully saturated rings. The first-order valence-electron chi connectivity index (χ1n) is 14.5. The Kier molecular flexibility index (Phi) is 4.35. The van der Waals surface area contributed by atoms with Crippen molar-refractivity contribution in [2.45, 2.75) is 6.85 Å². The zero-order valence-electron chi connectivity index (χ0n) is 24.5. The van der Waals surface area contributed by atoms with Crippen LogP contribution in [0.3, 0.4) is 0 Å². The van der Waals surface area contributed by atoms with Crippen molar-refractivity contribution in [3.63, 3.8) is 0 Å². The highest BCUT2D eigenvalue weighted by atomic mass is 16.1. The second kappa shape index (κ2) is 8.85. The Morgan fingerprint density at radius 2 is 1.39 bits per heavy atom. The zero-order valence-corrected chi connectivity index (χ0v) is 21.5. The molecule has 0 saturated heterocycles. The lowest BCUT2D eigenvalue weighted by Crippen LogP contribution is -2.23. The van der Waals surface area contributed by atoms with Gasteiger partial charge in [-0.25, -0.2) is 29.3 Å². The monoisotopic (exact) mass is 537 g/mol. The molecule has 3 aromatic carbocycles. The van der Waals surface area contributed by atoms with Crippen molar-refractivity contribution >= 4 is 33.1 Å². The van der Waals surface area contributed by atoms with Gasteiger partial charge < -0.3 is 0 Å². The minimum absolute atomic E-state index is 0.119. The number of fused-ring (bicyclic) bond motifs is 3. The van der Waals surface area contributed by atoms with Gasteiger partial charge in [-0.15, -0.1) is 0 Å². The number of benzene rings is 3. The van der Waals surface area contributed by atoms with Gasteiger partial charge in [0, 0.05) is 10.3 Å². The predicted molar refractivity (Wildman–Crippen MR) is 158 cm³/mol. The van der Waals surface area contributed by atoms with Crippen LogP contribution in [0.5, 0.6) is 0 Å². The van der Waals surface area contributed by atoms with Crippen molar-refractivity contribution in [1.29, 1.82) is 0 Å². The summed E-state index contributed by atoms with van der Waals surface area (Å²) in [6.07, 6.45) is 3.30. The van der Waals surface area contributed by atoms with Crippen LogP contribution in [0.25, 0.3) is 56.2 Å². The smallest absolute Gasteiger partial charge is 0.283 e. The third-order valence-corrected chi connectivity index (χ3v) is 7.16. The average molecular weight is 538 g/mol. The van der Waals surface area contributed by atoms with E-state index in [0.717, 1.165) is 11.0 Å². The molecular weight excluding hydrogens is 512 g/mol. The van der Waals surface area contributed by atoms with Crippen LogP contribution in [0, 0.1) is 6.85 Å². The Balaban J connectivity index is 1.45. The van der Waals surface area contributed by atoms with E-state index in [-0.39, 0.29) is 11.5 Å². The lowest BCUT2D eigenvalue weighted by atomic mass is 10.2. The van der Waals surface area contributed by atoms with Crippen LogP contribution in [-0.4, -0.2) is 38.2 Å².